The molecule has 3 amide bonds. The van der Waals surface area contributed by atoms with Gasteiger partial charge in [0, 0.05) is 24.7 Å². The van der Waals surface area contributed by atoms with E-state index < -0.39 is 53.8 Å². The summed E-state index contributed by atoms with van der Waals surface area (Å²) in [5.74, 6) is -4.48. The molecule has 14 heteroatoms. The number of hydrogen-bond acceptors (Lipinski definition) is 8. The van der Waals surface area contributed by atoms with Crippen LogP contribution in [0.4, 0.5) is 0 Å². The molecule has 4 unspecified atom stereocenters. The van der Waals surface area contributed by atoms with Crippen molar-refractivity contribution in [3.05, 3.63) is 18.2 Å². The Labute approximate surface area is 196 Å². The highest BCUT2D eigenvalue weighted by Crippen LogP contribution is 2.06. The fourth-order valence-corrected chi connectivity index (χ4v) is 2.92. The fraction of sp³-hybridized carbons (Fsp3) is 0.600. The van der Waals surface area contributed by atoms with Crippen molar-refractivity contribution < 1.29 is 34.2 Å². The van der Waals surface area contributed by atoms with Gasteiger partial charge in [0.2, 0.25) is 17.7 Å². The highest BCUT2D eigenvalue weighted by molar-refractivity contribution is 5.94. The number of nitrogens with one attached hydrogen (secondary N) is 4. The van der Waals surface area contributed by atoms with Crippen LogP contribution in [0.15, 0.2) is 12.5 Å². The number of hydrogen-bond donors (Lipinski definition) is 8. The van der Waals surface area contributed by atoms with Gasteiger partial charge in [-0.3, -0.25) is 24.0 Å². The Kier molecular flexibility index (Phi) is 12.2. The first-order valence-electron chi connectivity index (χ1n) is 10.8. The van der Waals surface area contributed by atoms with Crippen LogP contribution in [0.2, 0.25) is 0 Å². The molecule has 0 aliphatic carbocycles. The number of carbonyl (C=O) groups is 5. The highest BCUT2D eigenvalue weighted by Gasteiger charge is 2.29. The number of imidazole rings is 1. The summed E-state index contributed by atoms with van der Waals surface area (Å²) in [6.07, 6.45) is 3.68. The van der Waals surface area contributed by atoms with Crippen molar-refractivity contribution in [1.29, 1.82) is 0 Å². The lowest BCUT2D eigenvalue weighted by Crippen LogP contribution is -2.57. The quantitative estimate of drug-likeness (QED) is 0.118. The Morgan fingerprint density at radius 2 is 1.65 bits per heavy atom. The van der Waals surface area contributed by atoms with Gasteiger partial charge in [-0.05, 0) is 39.2 Å². The first-order chi connectivity index (χ1) is 16.0. The molecule has 0 radical (unpaired) electrons. The van der Waals surface area contributed by atoms with Crippen LogP contribution in [0, 0.1) is 0 Å². The van der Waals surface area contributed by atoms with Gasteiger partial charge in [-0.1, -0.05) is 0 Å². The molecule has 34 heavy (non-hydrogen) atoms. The third-order valence-electron chi connectivity index (χ3n) is 4.93. The van der Waals surface area contributed by atoms with E-state index in [0.717, 1.165) is 0 Å². The monoisotopic (exact) mass is 483 g/mol. The van der Waals surface area contributed by atoms with Crippen LogP contribution in [-0.2, 0) is 30.4 Å². The van der Waals surface area contributed by atoms with Crippen molar-refractivity contribution in [3.63, 3.8) is 0 Å². The van der Waals surface area contributed by atoms with Gasteiger partial charge in [0.25, 0.3) is 0 Å². The molecule has 0 saturated heterocycles. The summed E-state index contributed by atoms with van der Waals surface area (Å²) in [7, 11) is 0. The Bertz CT molecular complexity index is 831. The number of carboxylic acids is 2. The summed E-state index contributed by atoms with van der Waals surface area (Å²) in [6.45, 7) is 1.65. The summed E-state index contributed by atoms with van der Waals surface area (Å²) >= 11 is 0. The van der Waals surface area contributed by atoms with Crippen molar-refractivity contribution in [3.8, 4) is 0 Å². The predicted molar refractivity (Wildman–Crippen MR) is 119 cm³/mol. The maximum absolute atomic E-state index is 13.0. The summed E-state index contributed by atoms with van der Waals surface area (Å²) in [5, 5.41) is 25.2. The van der Waals surface area contributed by atoms with Crippen LogP contribution >= 0.6 is 0 Å². The van der Waals surface area contributed by atoms with E-state index in [9.17, 15) is 24.0 Å². The lowest BCUT2D eigenvalue weighted by Gasteiger charge is -2.24. The lowest BCUT2D eigenvalue weighted by molar-refractivity contribution is -0.142. The summed E-state index contributed by atoms with van der Waals surface area (Å²) < 4.78 is 0. The number of aromatic nitrogens is 2. The van der Waals surface area contributed by atoms with Crippen LogP contribution in [-0.4, -0.2) is 80.6 Å². The van der Waals surface area contributed by atoms with Crippen LogP contribution in [0.3, 0.4) is 0 Å². The molecule has 14 nitrogen and oxygen atoms in total. The van der Waals surface area contributed by atoms with Gasteiger partial charge in [0.05, 0.1) is 12.4 Å². The molecule has 0 bridgehead atoms. The Balaban J connectivity index is 2.96. The number of amides is 3. The highest BCUT2D eigenvalue weighted by atomic mass is 16.4. The average Bonchev–Trinajstić information content (AvgIpc) is 3.29. The molecule has 4 atom stereocenters. The second-order valence-corrected chi connectivity index (χ2v) is 7.80. The zero-order chi connectivity index (χ0) is 25.7. The molecule has 0 saturated carbocycles. The SMILES string of the molecule is CC(NC(=O)C(Cc1cnc[nH]1)NC(=O)C(CCCCN)NC(=O)C(N)CCC(=O)O)C(=O)O. The van der Waals surface area contributed by atoms with E-state index in [2.05, 4.69) is 25.9 Å². The summed E-state index contributed by atoms with van der Waals surface area (Å²) in [6, 6.07) is -4.56. The van der Waals surface area contributed by atoms with Crippen LogP contribution in [0.1, 0.15) is 44.7 Å². The van der Waals surface area contributed by atoms with Gasteiger partial charge < -0.3 is 42.6 Å². The number of nitrogens with zero attached hydrogens (tertiary/aromatic N) is 1. The molecule has 0 aliphatic rings. The van der Waals surface area contributed by atoms with E-state index in [0.29, 0.717) is 25.1 Å². The number of aromatic amines is 1. The van der Waals surface area contributed by atoms with E-state index in [-0.39, 0.29) is 25.7 Å². The number of aliphatic carboxylic acids is 2. The van der Waals surface area contributed by atoms with Gasteiger partial charge in [-0.15, -0.1) is 0 Å². The third kappa shape index (κ3) is 10.4. The number of rotatable bonds is 16. The number of H-pyrrole nitrogens is 1. The van der Waals surface area contributed by atoms with Crippen molar-refractivity contribution in [2.75, 3.05) is 6.54 Å². The molecule has 1 aromatic heterocycles. The van der Waals surface area contributed by atoms with Crippen molar-refractivity contribution in [2.45, 2.75) is 69.6 Å². The lowest BCUT2D eigenvalue weighted by atomic mass is 10.0. The maximum Gasteiger partial charge on any atom is 0.325 e. The zero-order valence-corrected chi connectivity index (χ0v) is 19.0. The maximum atomic E-state index is 13.0. The van der Waals surface area contributed by atoms with E-state index in [1.807, 2.05) is 0 Å². The standard InChI is InChI=1S/C20H33N7O7/c1-11(20(33)34)25-19(32)15(8-12-9-23-10-24-12)27-18(31)14(4-2-3-7-21)26-17(30)13(22)5-6-16(28)29/h9-11,13-15H,2-8,21-22H2,1H3,(H,23,24)(H,25,32)(H,26,30)(H,27,31)(H,28,29)(H,33,34). The number of carboxylic acid groups (broad SMARTS) is 2. The van der Waals surface area contributed by atoms with E-state index in [1.54, 1.807) is 0 Å². The Hall–Kier alpha value is -3.52. The molecule has 190 valence electrons. The predicted octanol–water partition coefficient (Wildman–Crippen LogP) is -2.17. The molecular weight excluding hydrogens is 450 g/mol. The van der Waals surface area contributed by atoms with Gasteiger partial charge in [-0.2, -0.15) is 0 Å². The van der Waals surface area contributed by atoms with E-state index >= 15 is 0 Å². The van der Waals surface area contributed by atoms with Crippen LogP contribution in [0.5, 0.6) is 0 Å². The van der Waals surface area contributed by atoms with E-state index in [4.69, 9.17) is 21.7 Å². The molecule has 0 fully saturated rings. The average molecular weight is 484 g/mol. The molecule has 0 aromatic carbocycles. The molecule has 1 aromatic rings. The summed E-state index contributed by atoms with van der Waals surface area (Å²) in [4.78, 5) is 66.6. The molecule has 1 rings (SSSR count). The van der Waals surface area contributed by atoms with Gasteiger partial charge in [0.15, 0.2) is 0 Å². The minimum Gasteiger partial charge on any atom is -0.481 e. The van der Waals surface area contributed by atoms with Crippen LogP contribution < -0.4 is 27.4 Å². The Morgan fingerprint density at radius 3 is 2.21 bits per heavy atom. The first kappa shape index (κ1) is 28.5. The largest absolute Gasteiger partial charge is 0.481 e. The third-order valence-corrected chi connectivity index (χ3v) is 4.93. The van der Waals surface area contributed by atoms with E-state index in [1.165, 1.54) is 19.4 Å². The second kappa shape index (κ2) is 14.6. The number of nitrogens with two attached hydrogens (primary N) is 2. The Morgan fingerprint density at radius 1 is 1.00 bits per heavy atom. The minimum absolute atomic E-state index is 0.00843. The smallest absolute Gasteiger partial charge is 0.325 e. The normalized spacial score (nSPS) is 14.3. The molecule has 10 N–H and O–H groups in total. The van der Waals surface area contributed by atoms with Gasteiger partial charge in [-0.25, -0.2) is 4.98 Å². The van der Waals surface area contributed by atoms with Crippen molar-refractivity contribution >= 4 is 29.7 Å². The second-order valence-electron chi connectivity index (χ2n) is 7.80. The molecular formula is C20H33N7O7. The first-order valence-corrected chi connectivity index (χ1v) is 10.8. The number of carbonyl (C=O) groups excluding carboxylic acids is 3. The van der Waals surface area contributed by atoms with Gasteiger partial charge >= 0.3 is 11.9 Å². The minimum atomic E-state index is -1.25. The topological polar surface area (TPSA) is 243 Å². The van der Waals surface area contributed by atoms with Crippen LogP contribution in [0.25, 0.3) is 0 Å². The summed E-state index contributed by atoms with van der Waals surface area (Å²) in [5.41, 5.74) is 11.8. The fourth-order valence-electron chi connectivity index (χ4n) is 2.92. The zero-order valence-electron chi connectivity index (χ0n) is 19.0. The molecule has 1 heterocycles. The molecule has 0 aliphatic heterocycles. The van der Waals surface area contributed by atoms with Gasteiger partial charge in [0.1, 0.15) is 18.1 Å². The van der Waals surface area contributed by atoms with Crippen molar-refractivity contribution in [1.82, 2.24) is 25.9 Å². The van der Waals surface area contributed by atoms with Crippen molar-refractivity contribution in [2.24, 2.45) is 11.5 Å². The molecule has 0 spiro atoms. The number of unbranched alkanes of at least 4 members (excludes halogenated alkanes) is 1.